The topological polar surface area (TPSA) is 199 Å². The summed E-state index contributed by atoms with van der Waals surface area (Å²) < 4.78 is 13.3. The summed E-state index contributed by atoms with van der Waals surface area (Å²) in [5, 5.41) is 4.27. The van der Waals surface area contributed by atoms with Gasteiger partial charge in [0.2, 0.25) is 0 Å². The van der Waals surface area contributed by atoms with E-state index in [1.165, 1.54) is 14.2 Å². The van der Waals surface area contributed by atoms with Crippen LogP contribution in [0.4, 0.5) is 14.4 Å². The van der Waals surface area contributed by atoms with E-state index in [4.69, 9.17) is 10.6 Å². The molecule has 0 aromatic carbocycles. The van der Waals surface area contributed by atoms with Crippen LogP contribution in [0.15, 0.2) is 0 Å². The molecule has 5 amide bonds. The zero-order valence-corrected chi connectivity index (χ0v) is 15.8. The molecule has 0 spiro atoms. The lowest BCUT2D eigenvalue weighted by Crippen LogP contribution is -2.47. The lowest BCUT2D eigenvalue weighted by molar-refractivity contribution is -0.121. The Labute approximate surface area is 155 Å². The first kappa shape index (κ1) is 25.9. The Morgan fingerprint density at radius 1 is 0.778 bits per heavy atom. The van der Waals surface area contributed by atoms with Crippen molar-refractivity contribution < 1.29 is 38.2 Å². The fraction of sp³-hybridized carbons (Fsp3) is 0.615. The van der Waals surface area contributed by atoms with Gasteiger partial charge in [-0.25, -0.2) is 25.7 Å². The minimum absolute atomic E-state index is 0.177. The number of nitrogens with two attached hydrogens (primary N) is 1. The van der Waals surface area contributed by atoms with Gasteiger partial charge in [0.1, 0.15) is 18.7 Å². The molecular weight excluding hydrogens is 368 g/mol. The van der Waals surface area contributed by atoms with Crippen molar-refractivity contribution in [2.75, 3.05) is 27.3 Å². The summed E-state index contributed by atoms with van der Waals surface area (Å²) in [6, 6.07) is 0. The highest BCUT2D eigenvalue weighted by molar-refractivity contribution is 5.83. The molecule has 14 heteroatoms. The Balaban J connectivity index is 0. The molecule has 0 aromatic heterocycles. The maximum absolute atomic E-state index is 11.1. The van der Waals surface area contributed by atoms with E-state index in [1.54, 1.807) is 20.8 Å². The van der Waals surface area contributed by atoms with E-state index in [2.05, 4.69) is 25.5 Å². The smallest absolute Gasteiger partial charge is 0.426 e. The van der Waals surface area contributed by atoms with E-state index in [1.807, 2.05) is 10.9 Å². The molecule has 0 fully saturated rings. The summed E-state index contributed by atoms with van der Waals surface area (Å²) in [7, 11) is 2.38. The van der Waals surface area contributed by atoms with Crippen LogP contribution in [0.2, 0.25) is 0 Å². The fourth-order valence-corrected chi connectivity index (χ4v) is 0.969. The first-order valence-electron chi connectivity index (χ1n) is 7.36. The molecule has 0 rings (SSSR count). The van der Waals surface area contributed by atoms with Gasteiger partial charge >= 0.3 is 18.3 Å². The standard InChI is InChI=1S/C9H17N3O5.C4H9N3O3/c1-9(2,3)17-8(15)12-11-6(13)5-10-7(14)16-4;1-10-4(9)6-2-3(8)7-5/h5H2,1-4H3,(H,10,14)(H,11,13)(H,12,15);2,5H2,1H3,(H,6,9)(H,7,8). The van der Waals surface area contributed by atoms with Gasteiger partial charge in [0, 0.05) is 0 Å². The predicted octanol–water partition coefficient (Wildman–Crippen LogP) is -1.77. The Morgan fingerprint density at radius 2 is 1.22 bits per heavy atom. The maximum Gasteiger partial charge on any atom is 0.426 e. The van der Waals surface area contributed by atoms with Gasteiger partial charge in [0.25, 0.3) is 11.8 Å². The molecule has 0 radical (unpaired) electrons. The fourth-order valence-electron chi connectivity index (χ4n) is 0.969. The van der Waals surface area contributed by atoms with Crippen molar-refractivity contribution >= 4 is 30.1 Å². The SMILES string of the molecule is COC(=O)NCC(=O)NN.COC(=O)NCC(=O)NNC(=O)OC(C)(C)C. The van der Waals surface area contributed by atoms with E-state index in [9.17, 15) is 24.0 Å². The Hall–Kier alpha value is -3.29. The largest absolute Gasteiger partial charge is 0.453 e. The maximum atomic E-state index is 11.1. The molecule has 0 atom stereocenters. The molecule has 14 nitrogen and oxygen atoms in total. The number of nitrogens with one attached hydrogen (secondary N) is 5. The molecule has 7 N–H and O–H groups in total. The molecule has 0 saturated heterocycles. The number of ether oxygens (including phenoxy) is 3. The number of methoxy groups -OCH3 is 2. The van der Waals surface area contributed by atoms with Crippen LogP contribution in [0.5, 0.6) is 0 Å². The van der Waals surface area contributed by atoms with E-state index in [0.29, 0.717) is 0 Å². The number of alkyl carbamates (subject to hydrolysis) is 2. The summed E-state index contributed by atoms with van der Waals surface area (Å²) in [5.41, 5.74) is 5.26. The average molecular weight is 394 g/mol. The summed E-state index contributed by atoms with van der Waals surface area (Å²) in [6.45, 7) is 4.57. The zero-order valence-electron chi connectivity index (χ0n) is 15.8. The van der Waals surface area contributed by atoms with Crippen molar-refractivity contribution in [2.24, 2.45) is 5.84 Å². The van der Waals surface area contributed by atoms with E-state index >= 15 is 0 Å². The number of hydrogen-bond donors (Lipinski definition) is 6. The van der Waals surface area contributed by atoms with E-state index in [-0.39, 0.29) is 13.1 Å². The third-order valence-electron chi connectivity index (χ3n) is 2.02. The van der Waals surface area contributed by atoms with Gasteiger partial charge in [-0.15, -0.1) is 0 Å². The average Bonchev–Trinajstić information content (AvgIpc) is 2.60. The van der Waals surface area contributed by atoms with Gasteiger partial charge in [0.15, 0.2) is 0 Å². The number of hydrazine groups is 2. The molecule has 0 aliphatic heterocycles. The van der Waals surface area contributed by atoms with E-state index in [0.717, 1.165) is 0 Å². The van der Waals surface area contributed by atoms with Crippen LogP contribution in [0.1, 0.15) is 20.8 Å². The van der Waals surface area contributed by atoms with Crippen molar-refractivity contribution in [2.45, 2.75) is 26.4 Å². The van der Waals surface area contributed by atoms with E-state index < -0.39 is 35.7 Å². The Morgan fingerprint density at radius 3 is 1.59 bits per heavy atom. The van der Waals surface area contributed by atoms with Crippen molar-refractivity contribution in [3.63, 3.8) is 0 Å². The van der Waals surface area contributed by atoms with Crippen LogP contribution >= 0.6 is 0 Å². The first-order chi connectivity index (χ1) is 12.4. The summed E-state index contributed by atoms with van der Waals surface area (Å²) in [4.78, 5) is 53.4. The van der Waals surface area contributed by atoms with Crippen molar-refractivity contribution in [3.05, 3.63) is 0 Å². The molecule has 0 unspecified atom stereocenters. The van der Waals surface area contributed by atoms with Crippen molar-refractivity contribution in [1.82, 2.24) is 26.9 Å². The van der Waals surface area contributed by atoms with Crippen LogP contribution < -0.4 is 32.8 Å². The quantitative estimate of drug-likeness (QED) is 0.138. The number of carbonyl (C=O) groups is 5. The minimum Gasteiger partial charge on any atom is -0.453 e. The summed E-state index contributed by atoms with van der Waals surface area (Å²) in [5.74, 6) is 3.62. The molecule has 0 aliphatic rings. The van der Waals surface area contributed by atoms with Crippen LogP contribution in [0, 0.1) is 0 Å². The van der Waals surface area contributed by atoms with Gasteiger partial charge in [0.05, 0.1) is 14.2 Å². The molecule has 0 saturated carbocycles. The van der Waals surface area contributed by atoms with Gasteiger partial charge in [-0.2, -0.15) is 0 Å². The zero-order chi connectivity index (χ0) is 21.5. The number of amides is 5. The van der Waals surface area contributed by atoms with Crippen LogP contribution in [0.3, 0.4) is 0 Å². The monoisotopic (exact) mass is 394 g/mol. The molecular formula is C13H26N6O8. The van der Waals surface area contributed by atoms with Crippen LogP contribution in [-0.2, 0) is 23.8 Å². The molecule has 0 heterocycles. The van der Waals surface area contributed by atoms with Gasteiger partial charge in [-0.3, -0.25) is 20.4 Å². The highest BCUT2D eigenvalue weighted by atomic mass is 16.6. The number of carbonyl (C=O) groups excluding carboxylic acids is 5. The van der Waals surface area contributed by atoms with Crippen LogP contribution in [-0.4, -0.2) is 63.0 Å². The Bertz CT molecular complexity index is 503. The summed E-state index contributed by atoms with van der Waals surface area (Å²) in [6.07, 6.45) is -2.19. The number of rotatable bonds is 4. The molecule has 0 aliphatic carbocycles. The minimum atomic E-state index is -0.788. The van der Waals surface area contributed by atoms with Gasteiger partial charge in [-0.1, -0.05) is 0 Å². The Kier molecular flexibility index (Phi) is 13.4. The molecule has 0 aromatic rings. The highest BCUT2D eigenvalue weighted by Gasteiger charge is 2.16. The lowest BCUT2D eigenvalue weighted by Gasteiger charge is -2.19. The normalized spacial score (nSPS) is 9.41. The molecule has 27 heavy (non-hydrogen) atoms. The van der Waals surface area contributed by atoms with Crippen molar-refractivity contribution in [1.29, 1.82) is 0 Å². The third-order valence-corrected chi connectivity index (χ3v) is 2.02. The van der Waals surface area contributed by atoms with Crippen molar-refractivity contribution in [3.8, 4) is 0 Å². The molecule has 156 valence electrons. The van der Waals surface area contributed by atoms with Gasteiger partial charge in [-0.05, 0) is 20.8 Å². The number of hydrogen-bond acceptors (Lipinski definition) is 9. The first-order valence-corrected chi connectivity index (χ1v) is 7.36. The van der Waals surface area contributed by atoms with Gasteiger partial charge < -0.3 is 24.8 Å². The second-order valence-electron chi connectivity index (χ2n) is 5.43. The van der Waals surface area contributed by atoms with Crippen LogP contribution in [0.25, 0.3) is 0 Å². The second-order valence-corrected chi connectivity index (χ2v) is 5.43. The lowest BCUT2D eigenvalue weighted by atomic mass is 10.2. The molecule has 0 bridgehead atoms. The predicted molar refractivity (Wildman–Crippen MR) is 90.7 cm³/mol. The third kappa shape index (κ3) is 18.9. The highest BCUT2D eigenvalue weighted by Crippen LogP contribution is 2.05. The summed E-state index contributed by atoms with van der Waals surface area (Å²) >= 11 is 0. The second kappa shape index (κ2) is 13.9.